The van der Waals surface area contributed by atoms with Crippen molar-refractivity contribution in [1.29, 1.82) is 0 Å². The molecule has 2 aliphatic rings. The van der Waals surface area contributed by atoms with E-state index < -0.39 is 5.60 Å². The highest BCUT2D eigenvalue weighted by atomic mass is 16.5. The Morgan fingerprint density at radius 2 is 1.96 bits per heavy atom. The van der Waals surface area contributed by atoms with Gasteiger partial charge in [-0.15, -0.1) is 0 Å². The Bertz CT molecular complexity index is 623. The van der Waals surface area contributed by atoms with Crippen LogP contribution in [0.2, 0.25) is 0 Å². The first kappa shape index (κ1) is 17.8. The van der Waals surface area contributed by atoms with E-state index in [4.69, 9.17) is 9.47 Å². The zero-order valence-electron chi connectivity index (χ0n) is 14.5. The molecule has 0 atom stereocenters. The quantitative estimate of drug-likeness (QED) is 0.845. The SMILES string of the molecule is COC1(C(=O)Nc2cccc(C(=O)N3CCOCC3)c2)CCNCC1. The summed E-state index contributed by atoms with van der Waals surface area (Å²) in [7, 11) is 1.57. The molecule has 0 aromatic heterocycles. The van der Waals surface area contributed by atoms with Crippen molar-refractivity contribution in [2.24, 2.45) is 0 Å². The number of carbonyl (C=O) groups excluding carboxylic acids is 2. The van der Waals surface area contributed by atoms with E-state index in [1.165, 1.54) is 0 Å². The summed E-state index contributed by atoms with van der Waals surface area (Å²) in [5, 5.41) is 6.15. The molecule has 0 bridgehead atoms. The largest absolute Gasteiger partial charge is 0.378 e. The Kier molecular flexibility index (Phi) is 5.67. The molecule has 0 unspecified atom stereocenters. The van der Waals surface area contributed by atoms with E-state index in [2.05, 4.69) is 10.6 Å². The van der Waals surface area contributed by atoms with Gasteiger partial charge in [0.2, 0.25) is 0 Å². The van der Waals surface area contributed by atoms with Gasteiger partial charge in [0.1, 0.15) is 5.60 Å². The average molecular weight is 347 g/mol. The summed E-state index contributed by atoms with van der Waals surface area (Å²) in [6.45, 7) is 3.80. The molecule has 0 spiro atoms. The van der Waals surface area contributed by atoms with Gasteiger partial charge in [0, 0.05) is 31.5 Å². The highest BCUT2D eigenvalue weighted by molar-refractivity contribution is 6.00. The van der Waals surface area contributed by atoms with Gasteiger partial charge in [-0.1, -0.05) is 6.07 Å². The van der Waals surface area contributed by atoms with Crippen LogP contribution in [-0.2, 0) is 14.3 Å². The van der Waals surface area contributed by atoms with Crippen LogP contribution in [0.15, 0.2) is 24.3 Å². The lowest BCUT2D eigenvalue weighted by Gasteiger charge is -2.34. The molecule has 2 saturated heterocycles. The molecule has 3 rings (SSSR count). The number of morpholine rings is 1. The van der Waals surface area contributed by atoms with Crippen LogP contribution in [0.3, 0.4) is 0 Å². The molecule has 2 fully saturated rings. The normalized spacial score (nSPS) is 20.1. The second-order valence-electron chi connectivity index (χ2n) is 6.39. The van der Waals surface area contributed by atoms with Crippen molar-refractivity contribution in [2.45, 2.75) is 18.4 Å². The number of benzene rings is 1. The summed E-state index contributed by atoms with van der Waals surface area (Å²) in [4.78, 5) is 27.1. The molecule has 7 heteroatoms. The van der Waals surface area contributed by atoms with Gasteiger partial charge in [0.05, 0.1) is 13.2 Å². The van der Waals surface area contributed by atoms with Gasteiger partial charge >= 0.3 is 0 Å². The van der Waals surface area contributed by atoms with Crippen LogP contribution < -0.4 is 10.6 Å². The van der Waals surface area contributed by atoms with Crippen LogP contribution in [0.25, 0.3) is 0 Å². The summed E-state index contributed by atoms with van der Waals surface area (Å²) < 4.78 is 10.8. The molecule has 25 heavy (non-hydrogen) atoms. The van der Waals surface area contributed by atoms with Gasteiger partial charge in [-0.05, 0) is 44.1 Å². The van der Waals surface area contributed by atoms with E-state index in [9.17, 15) is 9.59 Å². The monoisotopic (exact) mass is 347 g/mol. The smallest absolute Gasteiger partial charge is 0.256 e. The summed E-state index contributed by atoms with van der Waals surface area (Å²) in [6.07, 6.45) is 1.25. The Balaban J connectivity index is 1.70. The number of carbonyl (C=O) groups is 2. The molecule has 0 saturated carbocycles. The zero-order valence-corrected chi connectivity index (χ0v) is 14.5. The van der Waals surface area contributed by atoms with Crippen molar-refractivity contribution >= 4 is 17.5 Å². The molecule has 2 aliphatic heterocycles. The lowest BCUT2D eigenvalue weighted by Crippen LogP contribution is -2.51. The summed E-state index contributed by atoms with van der Waals surface area (Å²) in [5.74, 6) is -0.199. The van der Waals surface area contributed by atoms with Crippen molar-refractivity contribution in [1.82, 2.24) is 10.2 Å². The number of amides is 2. The first-order chi connectivity index (χ1) is 12.1. The van der Waals surface area contributed by atoms with Gasteiger partial charge in [-0.25, -0.2) is 0 Å². The number of ether oxygens (including phenoxy) is 2. The van der Waals surface area contributed by atoms with E-state index in [0.717, 1.165) is 13.1 Å². The van der Waals surface area contributed by atoms with Gasteiger partial charge in [0.25, 0.3) is 11.8 Å². The maximum Gasteiger partial charge on any atom is 0.256 e. The van der Waals surface area contributed by atoms with Crippen molar-refractivity contribution in [3.63, 3.8) is 0 Å². The van der Waals surface area contributed by atoms with Crippen LogP contribution >= 0.6 is 0 Å². The lowest BCUT2D eigenvalue weighted by atomic mass is 9.91. The first-order valence-electron chi connectivity index (χ1n) is 8.69. The summed E-state index contributed by atoms with van der Waals surface area (Å²) >= 11 is 0. The predicted molar refractivity (Wildman–Crippen MR) is 93.6 cm³/mol. The third-order valence-corrected chi connectivity index (χ3v) is 4.88. The van der Waals surface area contributed by atoms with Crippen LogP contribution in [0.4, 0.5) is 5.69 Å². The van der Waals surface area contributed by atoms with Crippen molar-refractivity contribution in [3.05, 3.63) is 29.8 Å². The van der Waals surface area contributed by atoms with Crippen LogP contribution in [0.5, 0.6) is 0 Å². The predicted octanol–water partition coefficient (Wildman–Crippen LogP) is 0.866. The Labute approximate surface area is 147 Å². The minimum absolute atomic E-state index is 0.0391. The second-order valence-corrected chi connectivity index (χ2v) is 6.39. The number of nitrogens with zero attached hydrogens (tertiary/aromatic N) is 1. The Hall–Kier alpha value is -1.96. The molecule has 1 aromatic rings. The highest BCUT2D eigenvalue weighted by Gasteiger charge is 2.39. The number of rotatable bonds is 4. The molecular weight excluding hydrogens is 322 g/mol. The van der Waals surface area contributed by atoms with Gasteiger partial charge in [0.15, 0.2) is 0 Å². The van der Waals surface area contributed by atoms with E-state index >= 15 is 0 Å². The van der Waals surface area contributed by atoms with Crippen molar-refractivity contribution < 1.29 is 19.1 Å². The van der Waals surface area contributed by atoms with Gasteiger partial charge < -0.3 is 25.0 Å². The zero-order chi connectivity index (χ0) is 17.7. The minimum atomic E-state index is -0.810. The molecule has 2 heterocycles. The topological polar surface area (TPSA) is 79.9 Å². The van der Waals surface area contributed by atoms with Crippen LogP contribution in [0, 0.1) is 0 Å². The summed E-state index contributed by atoms with van der Waals surface area (Å²) in [6, 6.07) is 7.06. The lowest BCUT2D eigenvalue weighted by molar-refractivity contribution is -0.140. The minimum Gasteiger partial charge on any atom is -0.378 e. The average Bonchev–Trinajstić information content (AvgIpc) is 2.68. The fraction of sp³-hybridized carbons (Fsp3) is 0.556. The number of hydrogen-bond acceptors (Lipinski definition) is 5. The standard InChI is InChI=1S/C18H25N3O4/c1-24-18(5-7-19-8-6-18)17(23)20-15-4-2-3-14(13-15)16(22)21-9-11-25-12-10-21/h2-4,13,19H,5-12H2,1H3,(H,20,23). The maximum atomic E-state index is 12.7. The molecular formula is C18H25N3O4. The third kappa shape index (κ3) is 4.00. The summed E-state index contributed by atoms with van der Waals surface area (Å²) in [5.41, 5.74) is 0.366. The molecule has 0 aliphatic carbocycles. The number of methoxy groups -OCH3 is 1. The Morgan fingerprint density at radius 1 is 1.24 bits per heavy atom. The maximum absolute atomic E-state index is 12.7. The number of nitrogens with one attached hydrogen (secondary N) is 2. The van der Waals surface area contributed by atoms with E-state index in [1.54, 1.807) is 36.3 Å². The highest BCUT2D eigenvalue weighted by Crippen LogP contribution is 2.25. The first-order valence-corrected chi connectivity index (χ1v) is 8.69. The number of piperidine rings is 1. The fourth-order valence-corrected chi connectivity index (χ4v) is 3.28. The molecule has 2 N–H and O–H groups in total. The van der Waals surface area contributed by atoms with Crippen LogP contribution in [-0.4, -0.2) is 68.8 Å². The molecule has 136 valence electrons. The second kappa shape index (κ2) is 7.95. The van der Waals surface area contributed by atoms with Gasteiger partial charge in [-0.3, -0.25) is 9.59 Å². The van der Waals surface area contributed by atoms with E-state index in [1.807, 2.05) is 0 Å². The molecule has 0 radical (unpaired) electrons. The molecule has 2 amide bonds. The number of hydrogen-bond donors (Lipinski definition) is 2. The van der Waals surface area contributed by atoms with Crippen molar-refractivity contribution in [2.75, 3.05) is 51.8 Å². The molecule has 7 nitrogen and oxygen atoms in total. The fourth-order valence-electron chi connectivity index (χ4n) is 3.28. The van der Waals surface area contributed by atoms with Gasteiger partial charge in [-0.2, -0.15) is 0 Å². The molecule has 1 aromatic carbocycles. The van der Waals surface area contributed by atoms with Crippen molar-refractivity contribution in [3.8, 4) is 0 Å². The van der Waals surface area contributed by atoms with E-state index in [-0.39, 0.29) is 11.8 Å². The Morgan fingerprint density at radius 3 is 2.64 bits per heavy atom. The third-order valence-electron chi connectivity index (χ3n) is 4.88. The van der Waals surface area contributed by atoms with Crippen LogP contribution in [0.1, 0.15) is 23.2 Å². The number of anilines is 1. The van der Waals surface area contributed by atoms with E-state index in [0.29, 0.717) is 50.4 Å².